The van der Waals surface area contributed by atoms with Gasteiger partial charge in [0.15, 0.2) is 9.84 Å². The second-order valence-corrected chi connectivity index (χ2v) is 10.4. The third kappa shape index (κ3) is 7.67. The molecule has 0 fully saturated rings. The predicted molar refractivity (Wildman–Crippen MR) is 141 cm³/mol. The van der Waals surface area contributed by atoms with Gasteiger partial charge in [0, 0.05) is 17.7 Å². The van der Waals surface area contributed by atoms with Crippen molar-refractivity contribution in [1.82, 2.24) is 0 Å². The SMILES string of the molecule is COC(=O)CN(c1cc(CS(=O)(=O)CCc2c(OC)cc(OC)cc2OC)ccc1OC)C(C)C(=O)OC. The first-order valence-electron chi connectivity index (χ1n) is 11.6. The highest BCUT2D eigenvalue weighted by Gasteiger charge is 2.28. The molecule has 0 aliphatic heterocycles. The molecule has 2 aromatic carbocycles. The number of ether oxygens (including phenoxy) is 6. The van der Waals surface area contributed by atoms with Crippen LogP contribution >= 0.6 is 0 Å². The Labute approximate surface area is 223 Å². The number of hydrogen-bond acceptors (Lipinski definition) is 11. The molecule has 210 valence electrons. The highest BCUT2D eigenvalue weighted by Crippen LogP contribution is 2.35. The Bertz CT molecular complexity index is 1200. The van der Waals surface area contributed by atoms with Crippen molar-refractivity contribution in [2.24, 2.45) is 0 Å². The maximum absolute atomic E-state index is 13.1. The molecule has 38 heavy (non-hydrogen) atoms. The van der Waals surface area contributed by atoms with Crippen LogP contribution in [0.3, 0.4) is 0 Å². The Balaban J connectivity index is 2.37. The van der Waals surface area contributed by atoms with Crippen molar-refractivity contribution in [3.05, 3.63) is 41.5 Å². The maximum Gasteiger partial charge on any atom is 0.328 e. The Hall–Kier alpha value is -3.67. The number of sulfone groups is 1. The second kappa shape index (κ2) is 13.8. The van der Waals surface area contributed by atoms with Gasteiger partial charge in [0.25, 0.3) is 0 Å². The number of nitrogens with zero attached hydrogens (tertiary/aromatic N) is 1. The van der Waals surface area contributed by atoms with Gasteiger partial charge in [-0.1, -0.05) is 6.07 Å². The monoisotopic (exact) mass is 553 g/mol. The van der Waals surface area contributed by atoms with Crippen LogP contribution in [-0.4, -0.2) is 81.4 Å². The first kappa shape index (κ1) is 30.6. The zero-order chi connectivity index (χ0) is 28.5. The van der Waals surface area contributed by atoms with Crippen LogP contribution < -0.4 is 23.8 Å². The van der Waals surface area contributed by atoms with Gasteiger partial charge in [-0.15, -0.1) is 0 Å². The first-order chi connectivity index (χ1) is 18.0. The van der Waals surface area contributed by atoms with Crippen molar-refractivity contribution in [3.8, 4) is 23.0 Å². The Morgan fingerprint density at radius 3 is 1.95 bits per heavy atom. The summed E-state index contributed by atoms with van der Waals surface area (Å²) in [6, 6.07) is 7.23. The molecule has 0 aliphatic carbocycles. The molecule has 0 amide bonds. The lowest BCUT2D eigenvalue weighted by Gasteiger charge is -2.30. The van der Waals surface area contributed by atoms with E-state index >= 15 is 0 Å². The maximum atomic E-state index is 13.1. The van der Waals surface area contributed by atoms with E-state index in [1.165, 1.54) is 47.6 Å². The van der Waals surface area contributed by atoms with Gasteiger partial charge in [-0.3, -0.25) is 4.79 Å². The van der Waals surface area contributed by atoms with E-state index in [1.807, 2.05) is 0 Å². The minimum atomic E-state index is -3.61. The van der Waals surface area contributed by atoms with E-state index in [2.05, 4.69) is 0 Å². The number of carbonyl (C=O) groups is 2. The van der Waals surface area contributed by atoms with Crippen LogP contribution in [0.2, 0.25) is 0 Å². The topological polar surface area (TPSA) is 127 Å². The summed E-state index contributed by atoms with van der Waals surface area (Å²) in [7, 11) is 4.78. The minimum absolute atomic E-state index is 0.148. The lowest BCUT2D eigenvalue weighted by molar-refractivity contribution is -0.142. The predicted octanol–water partition coefficient (Wildman–Crippen LogP) is 2.42. The van der Waals surface area contributed by atoms with E-state index in [4.69, 9.17) is 28.4 Å². The quantitative estimate of drug-likeness (QED) is 0.320. The molecular weight excluding hydrogens is 518 g/mol. The number of esters is 2. The highest BCUT2D eigenvalue weighted by molar-refractivity contribution is 7.90. The zero-order valence-corrected chi connectivity index (χ0v) is 23.5. The summed E-state index contributed by atoms with van der Waals surface area (Å²) in [6.07, 6.45) is 0.148. The highest BCUT2D eigenvalue weighted by atomic mass is 32.2. The standard InChI is InChI=1S/C26H35NO10S/c1-17(26(29)37-7)27(15-25(28)36-6)21-12-18(8-9-22(21)33-3)16-38(30,31)11-10-20-23(34-4)13-19(32-2)14-24(20)35-5/h8-9,12-14,17H,10-11,15-16H2,1-7H3. The first-order valence-corrected chi connectivity index (χ1v) is 13.4. The molecule has 0 radical (unpaired) electrons. The molecule has 0 N–H and O–H groups in total. The van der Waals surface area contributed by atoms with Crippen molar-refractivity contribution < 1.29 is 46.4 Å². The lowest BCUT2D eigenvalue weighted by atomic mass is 10.1. The van der Waals surface area contributed by atoms with Crippen LogP contribution in [0, 0.1) is 0 Å². The fourth-order valence-corrected chi connectivity index (χ4v) is 5.24. The molecule has 0 spiro atoms. The molecule has 0 saturated carbocycles. The van der Waals surface area contributed by atoms with Gasteiger partial charge in [-0.05, 0) is 31.0 Å². The van der Waals surface area contributed by atoms with Crippen molar-refractivity contribution in [2.45, 2.75) is 25.1 Å². The van der Waals surface area contributed by atoms with Gasteiger partial charge in [-0.2, -0.15) is 0 Å². The van der Waals surface area contributed by atoms with Gasteiger partial charge >= 0.3 is 11.9 Å². The Kier molecular flexibility index (Phi) is 11.1. The van der Waals surface area contributed by atoms with Gasteiger partial charge in [-0.25, -0.2) is 13.2 Å². The molecular formula is C26H35NO10S. The number of methoxy groups -OCH3 is 6. The van der Waals surface area contributed by atoms with E-state index in [0.29, 0.717) is 39.8 Å². The van der Waals surface area contributed by atoms with Crippen LogP contribution in [0.1, 0.15) is 18.1 Å². The summed E-state index contributed by atoms with van der Waals surface area (Å²) in [4.78, 5) is 25.8. The molecule has 2 rings (SSSR count). The number of carbonyl (C=O) groups excluding carboxylic acids is 2. The normalized spacial score (nSPS) is 11.8. The minimum Gasteiger partial charge on any atom is -0.496 e. The number of hydrogen-bond donors (Lipinski definition) is 0. The molecule has 12 heteroatoms. The van der Waals surface area contributed by atoms with Crippen LogP contribution in [0.25, 0.3) is 0 Å². The van der Waals surface area contributed by atoms with Crippen LogP contribution in [0.4, 0.5) is 5.69 Å². The molecule has 0 bridgehead atoms. The van der Waals surface area contributed by atoms with Crippen molar-refractivity contribution in [3.63, 3.8) is 0 Å². The Morgan fingerprint density at radius 1 is 0.842 bits per heavy atom. The largest absolute Gasteiger partial charge is 0.496 e. The van der Waals surface area contributed by atoms with Gasteiger partial charge in [0.05, 0.1) is 59.9 Å². The summed E-state index contributed by atoms with van der Waals surface area (Å²) in [5.41, 5.74) is 1.40. The molecule has 2 aromatic rings. The summed E-state index contributed by atoms with van der Waals surface area (Å²) in [6.45, 7) is 1.28. The average molecular weight is 554 g/mol. The number of rotatable bonds is 14. The number of benzene rings is 2. The second-order valence-electron chi connectivity index (χ2n) is 8.26. The molecule has 1 unspecified atom stereocenters. The molecule has 0 aromatic heterocycles. The Morgan fingerprint density at radius 2 is 1.45 bits per heavy atom. The summed E-state index contributed by atoms with van der Waals surface area (Å²) < 4.78 is 57.4. The summed E-state index contributed by atoms with van der Waals surface area (Å²) in [5.74, 6) is 0.130. The fourth-order valence-electron chi connectivity index (χ4n) is 3.89. The van der Waals surface area contributed by atoms with Crippen molar-refractivity contribution >= 4 is 27.5 Å². The zero-order valence-electron chi connectivity index (χ0n) is 22.7. The van der Waals surface area contributed by atoms with Gasteiger partial charge < -0.3 is 33.3 Å². The van der Waals surface area contributed by atoms with E-state index in [1.54, 1.807) is 37.3 Å². The van der Waals surface area contributed by atoms with Crippen LogP contribution in [0.5, 0.6) is 23.0 Å². The van der Waals surface area contributed by atoms with Crippen molar-refractivity contribution in [1.29, 1.82) is 0 Å². The van der Waals surface area contributed by atoms with E-state index in [9.17, 15) is 18.0 Å². The summed E-state index contributed by atoms with van der Waals surface area (Å²) in [5, 5.41) is 0. The summed E-state index contributed by atoms with van der Waals surface area (Å²) >= 11 is 0. The van der Waals surface area contributed by atoms with Crippen molar-refractivity contribution in [2.75, 3.05) is 59.9 Å². The molecule has 0 saturated heterocycles. The van der Waals surface area contributed by atoms with Crippen LogP contribution in [-0.2, 0) is 41.1 Å². The number of anilines is 1. The van der Waals surface area contributed by atoms with E-state index < -0.39 is 27.8 Å². The van der Waals surface area contributed by atoms with E-state index in [0.717, 1.165) is 0 Å². The third-order valence-corrected chi connectivity index (χ3v) is 7.56. The van der Waals surface area contributed by atoms with Gasteiger partial charge in [0.1, 0.15) is 35.6 Å². The molecule has 11 nitrogen and oxygen atoms in total. The molecule has 0 heterocycles. The lowest BCUT2D eigenvalue weighted by Crippen LogP contribution is -2.43. The third-order valence-electron chi connectivity index (χ3n) is 5.96. The smallest absolute Gasteiger partial charge is 0.328 e. The van der Waals surface area contributed by atoms with Crippen LogP contribution in [0.15, 0.2) is 30.3 Å². The molecule has 0 aliphatic rings. The fraction of sp³-hybridized carbons (Fsp3) is 0.462. The van der Waals surface area contributed by atoms with Gasteiger partial charge in [0.2, 0.25) is 0 Å². The van der Waals surface area contributed by atoms with E-state index in [-0.39, 0.29) is 24.5 Å². The molecule has 1 atom stereocenters. The average Bonchev–Trinajstić information content (AvgIpc) is 2.92.